The molecule has 0 unspecified atom stereocenters. The van der Waals surface area contributed by atoms with Crippen LogP contribution in [0.3, 0.4) is 0 Å². The number of carbonyl (C=O) groups is 1. The van der Waals surface area contributed by atoms with E-state index in [4.69, 9.17) is 4.74 Å². The van der Waals surface area contributed by atoms with E-state index in [0.717, 1.165) is 33.8 Å². The van der Waals surface area contributed by atoms with E-state index in [0.29, 0.717) is 18.6 Å². The lowest BCUT2D eigenvalue weighted by molar-refractivity contribution is 0.0480. The van der Waals surface area contributed by atoms with Crippen LogP contribution in [0.2, 0.25) is 0 Å². The Morgan fingerprint density at radius 1 is 0.595 bits per heavy atom. The molecule has 0 fully saturated rings. The molecule has 3 nitrogen and oxygen atoms in total. The van der Waals surface area contributed by atoms with Gasteiger partial charge in [-0.25, -0.2) is 4.79 Å². The lowest BCUT2D eigenvalue weighted by Crippen LogP contribution is -2.19. The SMILES string of the molecule is O=C1OCCc2cc(N3c4ccccc4-c4ccccc4Sc4ccccc4-c4ccccc43)ccc21. The number of rotatable bonds is 1. The Bertz CT molecular complexity index is 1590. The predicted molar refractivity (Wildman–Crippen MR) is 150 cm³/mol. The van der Waals surface area contributed by atoms with Gasteiger partial charge < -0.3 is 9.64 Å². The van der Waals surface area contributed by atoms with Crippen LogP contribution >= 0.6 is 11.8 Å². The monoisotopic (exact) mass is 497 g/mol. The Morgan fingerprint density at radius 3 is 1.76 bits per heavy atom. The molecular weight excluding hydrogens is 474 g/mol. The normalized spacial score (nSPS) is 13.8. The van der Waals surface area contributed by atoms with Gasteiger partial charge in [-0.15, -0.1) is 0 Å². The molecule has 178 valence electrons. The first-order chi connectivity index (χ1) is 18.3. The van der Waals surface area contributed by atoms with Crippen molar-refractivity contribution in [2.75, 3.05) is 11.5 Å². The molecule has 7 rings (SSSR count). The maximum atomic E-state index is 12.4. The Morgan fingerprint density at radius 2 is 1.14 bits per heavy atom. The summed E-state index contributed by atoms with van der Waals surface area (Å²) < 4.78 is 5.29. The highest BCUT2D eigenvalue weighted by Gasteiger charge is 2.26. The number of hydrogen-bond acceptors (Lipinski definition) is 4. The lowest BCUT2D eigenvalue weighted by Gasteiger charge is -2.32. The fourth-order valence-corrected chi connectivity index (χ4v) is 6.44. The van der Waals surface area contributed by atoms with Gasteiger partial charge in [0.25, 0.3) is 0 Å². The van der Waals surface area contributed by atoms with Crippen LogP contribution in [0, 0.1) is 0 Å². The molecule has 0 radical (unpaired) electrons. The average molecular weight is 498 g/mol. The van der Waals surface area contributed by atoms with Crippen molar-refractivity contribution in [2.24, 2.45) is 0 Å². The van der Waals surface area contributed by atoms with E-state index in [-0.39, 0.29) is 5.97 Å². The largest absolute Gasteiger partial charge is 0.462 e. The zero-order chi connectivity index (χ0) is 24.8. The topological polar surface area (TPSA) is 29.5 Å². The van der Waals surface area contributed by atoms with E-state index >= 15 is 0 Å². The summed E-state index contributed by atoms with van der Waals surface area (Å²) in [6, 6.07) is 40.5. The molecule has 2 aliphatic rings. The molecule has 0 atom stereocenters. The second-order valence-electron chi connectivity index (χ2n) is 9.19. The number of anilines is 3. The Balaban J connectivity index is 1.57. The molecule has 0 aromatic heterocycles. The summed E-state index contributed by atoms with van der Waals surface area (Å²) >= 11 is 1.81. The van der Waals surface area contributed by atoms with Gasteiger partial charge in [0, 0.05) is 33.0 Å². The Kier molecular flexibility index (Phi) is 5.33. The number of esters is 1. The summed E-state index contributed by atoms with van der Waals surface area (Å²) in [6.07, 6.45) is 0.717. The van der Waals surface area contributed by atoms with Gasteiger partial charge in [-0.3, -0.25) is 0 Å². The number of para-hydroxylation sites is 2. The van der Waals surface area contributed by atoms with Crippen LogP contribution < -0.4 is 4.90 Å². The molecule has 2 aliphatic heterocycles. The van der Waals surface area contributed by atoms with Crippen molar-refractivity contribution in [3.8, 4) is 22.3 Å². The summed E-state index contributed by atoms with van der Waals surface area (Å²) in [5.74, 6) is -0.241. The summed E-state index contributed by atoms with van der Waals surface area (Å²) in [7, 11) is 0. The number of ether oxygens (including phenoxy) is 1. The van der Waals surface area contributed by atoms with E-state index in [2.05, 4.69) is 108 Å². The van der Waals surface area contributed by atoms with Gasteiger partial charge in [0.05, 0.1) is 23.5 Å². The number of benzene rings is 5. The summed E-state index contributed by atoms with van der Waals surface area (Å²) in [4.78, 5) is 17.2. The molecule has 0 amide bonds. The third-order valence-corrected chi connectivity index (χ3v) is 8.19. The van der Waals surface area contributed by atoms with Crippen LogP contribution in [0.4, 0.5) is 17.1 Å². The van der Waals surface area contributed by atoms with E-state index in [1.807, 2.05) is 23.9 Å². The van der Waals surface area contributed by atoms with Crippen LogP contribution in [0.1, 0.15) is 15.9 Å². The fraction of sp³-hybridized carbons (Fsp3) is 0.0606. The second kappa shape index (κ2) is 8.99. The maximum absolute atomic E-state index is 12.4. The van der Waals surface area contributed by atoms with Crippen molar-refractivity contribution in [3.63, 3.8) is 0 Å². The molecule has 5 aromatic rings. The van der Waals surface area contributed by atoms with Crippen molar-refractivity contribution >= 4 is 34.8 Å². The smallest absolute Gasteiger partial charge is 0.338 e. The van der Waals surface area contributed by atoms with Gasteiger partial charge in [0.1, 0.15) is 0 Å². The zero-order valence-electron chi connectivity index (χ0n) is 20.1. The van der Waals surface area contributed by atoms with Gasteiger partial charge in [-0.2, -0.15) is 0 Å². The van der Waals surface area contributed by atoms with Crippen LogP contribution in [0.5, 0.6) is 0 Å². The first-order valence-corrected chi connectivity index (χ1v) is 13.2. The van der Waals surface area contributed by atoms with Crippen molar-refractivity contribution in [2.45, 2.75) is 16.2 Å². The van der Waals surface area contributed by atoms with Crippen molar-refractivity contribution in [1.82, 2.24) is 0 Å². The predicted octanol–water partition coefficient (Wildman–Crippen LogP) is 8.67. The molecule has 0 N–H and O–H groups in total. The van der Waals surface area contributed by atoms with Gasteiger partial charge in [-0.05, 0) is 59.2 Å². The van der Waals surface area contributed by atoms with E-state index < -0.39 is 0 Å². The summed E-state index contributed by atoms with van der Waals surface area (Å²) in [6.45, 7) is 0.417. The summed E-state index contributed by atoms with van der Waals surface area (Å²) in [5, 5.41) is 0. The fourth-order valence-electron chi connectivity index (χ4n) is 5.33. The highest BCUT2D eigenvalue weighted by Crippen LogP contribution is 2.50. The van der Waals surface area contributed by atoms with Crippen molar-refractivity contribution in [1.29, 1.82) is 0 Å². The van der Waals surface area contributed by atoms with Crippen molar-refractivity contribution in [3.05, 3.63) is 126 Å². The third kappa shape index (κ3) is 3.73. The third-order valence-electron chi connectivity index (χ3n) is 7.04. The molecular formula is C33H23NO2S. The molecule has 4 heteroatoms. The first kappa shape index (κ1) is 22.0. The highest BCUT2D eigenvalue weighted by atomic mass is 32.2. The molecule has 0 aliphatic carbocycles. The molecule has 0 saturated heterocycles. The molecule has 0 bridgehead atoms. The lowest BCUT2D eigenvalue weighted by atomic mass is 9.97. The maximum Gasteiger partial charge on any atom is 0.338 e. The van der Waals surface area contributed by atoms with E-state index in [1.165, 1.54) is 20.9 Å². The van der Waals surface area contributed by atoms with Crippen molar-refractivity contribution < 1.29 is 9.53 Å². The molecule has 0 saturated carbocycles. The Hall–Kier alpha value is -4.28. The van der Waals surface area contributed by atoms with Gasteiger partial charge in [0.2, 0.25) is 0 Å². The molecule has 5 aromatic carbocycles. The minimum absolute atomic E-state index is 0.241. The van der Waals surface area contributed by atoms with Gasteiger partial charge in [-0.1, -0.05) is 84.6 Å². The van der Waals surface area contributed by atoms with Gasteiger partial charge in [0.15, 0.2) is 0 Å². The number of fused-ring (bicyclic) bond motifs is 7. The van der Waals surface area contributed by atoms with E-state index in [9.17, 15) is 4.79 Å². The Labute approximate surface area is 220 Å². The first-order valence-electron chi connectivity index (χ1n) is 12.4. The summed E-state index contributed by atoms with van der Waals surface area (Å²) in [5.41, 5.74) is 9.63. The standard InChI is InChI=1S/C33H23NO2S/c35-33-24-18-17-23(21-22(24)19-20-36-33)34-29-13-5-1-9-25(29)27-11-3-7-15-31(27)37-32-16-8-4-12-28(32)26-10-2-6-14-30(26)34/h1-18,21H,19-20H2. The average Bonchev–Trinajstić information content (AvgIpc) is 2.95. The van der Waals surface area contributed by atoms with Crippen LogP contribution in [0.25, 0.3) is 22.3 Å². The molecule has 2 heterocycles. The van der Waals surface area contributed by atoms with Crippen LogP contribution in [-0.2, 0) is 11.2 Å². The number of cyclic esters (lactones) is 1. The minimum atomic E-state index is -0.241. The van der Waals surface area contributed by atoms with Gasteiger partial charge >= 0.3 is 5.97 Å². The second-order valence-corrected chi connectivity index (χ2v) is 10.3. The number of carbonyl (C=O) groups excluding carboxylic acids is 1. The van der Waals surface area contributed by atoms with Crippen LogP contribution in [0.15, 0.2) is 125 Å². The number of hydrogen-bond donors (Lipinski definition) is 0. The minimum Gasteiger partial charge on any atom is -0.462 e. The van der Waals surface area contributed by atoms with E-state index in [1.54, 1.807) is 0 Å². The van der Waals surface area contributed by atoms with Crippen LogP contribution in [-0.4, -0.2) is 12.6 Å². The highest BCUT2D eigenvalue weighted by molar-refractivity contribution is 7.99. The molecule has 37 heavy (non-hydrogen) atoms. The molecule has 0 spiro atoms. The zero-order valence-corrected chi connectivity index (χ0v) is 20.9. The number of nitrogens with zero attached hydrogens (tertiary/aromatic N) is 1. The quantitative estimate of drug-likeness (QED) is 0.213.